The van der Waals surface area contributed by atoms with Crippen LogP contribution in [0.3, 0.4) is 0 Å². The topological polar surface area (TPSA) is 78.0 Å². The Balaban J connectivity index is 2.34. The molecule has 3 N–H and O–H groups in total. The van der Waals surface area contributed by atoms with Crippen LogP contribution >= 0.6 is 0 Å². The maximum atomic E-state index is 5.71. The summed E-state index contributed by atoms with van der Waals surface area (Å²) in [5.41, 5.74) is 6.97. The third-order valence-electron chi connectivity index (χ3n) is 3.62. The third kappa shape index (κ3) is 2.66. The molecule has 2 heterocycles. The molecule has 0 aliphatic heterocycles. The number of nitrogens with zero attached hydrogens (tertiary/aromatic N) is 3. The van der Waals surface area contributed by atoms with Crippen LogP contribution in [-0.4, -0.2) is 21.9 Å². The molecule has 2 aromatic heterocycles. The summed E-state index contributed by atoms with van der Waals surface area (Å²) in [7, 11) is 3.58. The van der Waals surface area contributed by atoms with Crippen LogP contribution < -0.4 is 16.0 Å². The van der Waals surface area contributed by atoms with Gasteiger partial charge in [0.1, 0.15) is 11.4 Å². The molecule has 0 aromatic carbocycles. The summed E-state index contributed by atoms with van der Waals surface area (Å²) in [6.07, 6.45) is 2.46. The second kappa shape index (κ2) is 6.02. The smallest absolute Gasteiger partial charge is 0.142 e. The van der Waals surface area contributed by atoms with Gasteiger partial charge < -0.3 is 4.74 Å². The summed E-state index contributed by atoms with van der Waals surface area (Å²) in [4.78, 5) is 4.39. The number of hydrazine groups is 1. The minimum atomic E-state index is -0.118. The summed E-state index contributed by atoms with van der Waals surface area (Å²) in [5.74, 6) is 6.44. The highest BCUT2D eigenvalue weighted by Crippen LogP contribution is 2.26. The first-order valence-corrected chi connectivity index (χ1v) is 6.52. The fourth-order valence-electron chi connectivity index (χ4n) is 2.39. The predicted molar refractivity (Wildman–Crippen MR) is 77.2 cm³/mol. The molecule has 2 rings (SSSR count). The van der Waals surface area contributed by atoms with Crippen LogP contribution in [0, 0.1) is 13.8 Å². The SMILES string of the molecule is COc1cccnc1C(Cc1c(C)nn(C)c1C)NN. The van der Waals surface area contributed by atoms with Crippen molar-refractivity contribution >= 4 is 0 Å². The van der Waals surface area contributed by atoms with Crippen LogP contribution in [-0.2, 0) is 13.5 Å². The second-order valence-electron chi connectivity index (χ2n) is 4.79. The molecule has 0 aliphatic carbocycles. The van der Waals surface area contributed by atoms with Crippen molar-refractivity contribution in [2.75, 3.05) is 7.11 Å². The summed E-state index contributed by atoms with van der Waals surface area (Å²) in [5, 5.41) is 4.43. The maximum Gasteiger partial charge on any atom is 0.142 e. The fraction of sp³-hybridized carbons (Fsp3) is 0.429. The largest absolute Gasteiger partial charge is 0.495 e. The van der Waals surface area contributed by atoms with Gasteiger partial charge in [-0.1, -0.05) is 0 Å². The molecule has 1 atom stereocenters. The van der Waals surface area contributed by atoms with Gasteiger partial charge in [-0.3, -0.25) is 20.9 Å². The van der Waals surface area contributed by atoms with Crippen molar-refractivity contribution < 1.29 is 4.74 Å². The van der Waals surface area contributed by atoms with Crippen molar-refractivity contribution in [2.24, 2.45) is 12.9 Å². The van der Waals surface area contributed by atoms with Gasteiger partial charge >= 0.3 is 0 Å². The monoisotopic (exact) mass is 275 g/mol. The Kier molecular flexibility index (Phi) is 4.36. The number of ether oxygens (including phenoxy) is 1. The molecule has 0 amide bonds. The lowest BCUT2D eigenvalue weighted by Crippen LogP contribution is -2.30. The van der Waals surface area contributed by atoms with Crippen molar-refractivity contribution in [3.05, 3.63) is 41.0 Å². The molecule has 2 aromatic rings. The Bertz CT molecular complexity index is 593. The van der Waals surface area contributed by atoms with Gasteiger partial charge in [-0.25, -0.2) is 0 Å². The molecule has 0 saturated heterocycles. The van der Waals surface area contributed by atoms with E-state index in [1.54, 1.807) is 13.3 Å². The average molecular weight is 275 g/mol. The van der Waals surface area contributed by atoms with Gasteiger partial charge in [-0.15, -0.1) is 0 Å². The highest BCUT2D eigenvalue weighted by Gasteiger charge is 2.20. The third-order valence-corrected chi connectivity index (χ3v) is 3.62. The van der Waals surface area contributed by atoms with Crippen LogP contribution in [0.5, 0.6) is 5.75 Å². The van der Waals surface area contributed by atoms with Crippen molar-refractivity contribution in [1.82, 2.24) is 20.2 Å². The molecule has 0 bridgehead atoms. The zero-order valence-corrected chi connectivity index (χ0v) is 12.3. The Labute approximate surface area is 118 Å². The molecule has 0 spiro atoms. The van der Waals surface area contributed by atoms with Gasteiger partial charge in [-0.05, 0) is 38.0 Å². The number of hydrogen-bond donors (Lipinski definition) is 2. The normalized spacial score (nSPS) is 12.4. The number of pyridine rings is 1. The van der Waals surface area contributed by atoms with E-state index in [0.717, 1.165) is 29.3 Å². The molecule has 6 heteroatoms. The zero-order chi connectivity index (χ0) is 14.7. The number of aryl methyl sites for hydroxylation is 2. The molecule has 1 unspecified atom stereocenters. The van der Waals surface area contributed by atoms with Crippen LogP contribution in [0.2, 0.25) is 0 Å². The lowest BCUT2D eigenvalue weighted by atomic mass is 10.0. The lowest BCUT2D eigenvalue weighted by Gasteiger charge is -2.18. The van der Waals surface area contributed by atoms with E-state index >= 15 is 0 Å². The Morgan fingerprint density at radius 2 is 2.20 bits per heavy atom. The van der Waals surface area contributed by atoms with Gasteiger partial charge in [0, 0.05) is 18.9 Å². The fourth-order valence-corrected chi connectivity index (χ4v) is 2.39. The Morgan fingerprint density at radius 3 is 2.75 bits per heavy atom. The van der Waals surface area contributed by atoms with Crippen LogP contribution in [0.25, 0.3) is 0 Å². The molecule has 20 heavy (non-hydrogen) atoms. The van der Waals surface area contributed by atoms with Gasteiger partial charge in [0.15, 0.2) is 0 Å². The number of hydrogen-bond acceptors (Lipinski definition) is 5. The van der Waals surface area contributed by atoms with Crippen LogP contribution in [0.1, 0.15) is 28.7 Å². The molecule has 0 saturated carbocycles. The summed E-state index contributed by atoms with van der Waals surface area (Å²) in [6, 6.07) is 3.61. The van der Waals surface area contributed by atoms with Crippen molar-refractivity contribution in [2.45, 2.75) is 26.3 Å². The van der Waals surface area contributed by atoms with E-state index in [1.807, 2.05) is 30.8 Å². The first-order chi connectivity index (χ1) is 9.58. The predicted octanol–water partition coefficient (Wildman–Crippen LogP) is 1.19. The maximum absolute atomic E-state index is 5.71. The molecular weight excluding hydrogens is 254 g/mol. The summed E-state index contributed by atoms with van der Waals surface area (Å²) >= 11 is 0. The van der Waals surface area contributed by atoms with E-state index in [2.05, 4.69) is 22.4 Å². The average Bonchev–Trinajstić information content (AvgIpc) is 2.70. The van der Waals surface area contributed by atoms with Gasteiger partial charge in [-0.2, -0.15) is 5.10 Å². The standard InChI is InChI=1S/C14H21N5O/c1-9-11(10(2)19(3)18-9)8-12(17-15)14-13(20-4)6-5-7-16-14/h5-7,12,17H,8,15H2,1-4H3. The van der Waals surface area contributed by atoms with E-state index in [-0.39, 0.29) is 6.04 Å². The van der Waals surface area contributed by atoms with E-state index in [4.69, 9.17) is 10.6 Å². The zero-order valence-electron chi connectivity index (χ0n) is 12.3. The lowest BCUT2D eigenvalue weighted by molar-refractivity contribution is 0.394. The first-order valence-electron chi connectivity index (χ1n) is 6.52. The summed E-state index contributed by atoms with van der Waals surface area (Å²) < 4.78 is 7.24. The summed E-state index contributed by atoms with van der Waals surface area (Å²) in [6.45, 7) is 4.06. The number of nitrogens with one attached hydrogen (secondary N) is 1. The quantitative estimate of drug-likeness (QED) is 0.633. The molecule has 6 nitrogen and oxygen atoms in total. The Morgan fingerprint density at radius 1 is 1.45 bits per heavy atom. The van der Waals surface area contributed by atoms with E-state index in [0.29, 0.717) is 0 Å². The van der Waals surface area contributed by atoms with Crippen LogP contribution in [0.4, 0.5) is 0 Å². The highest BCUT2D eigenvalue weighted by atomic mass is 16.5. The van der Waals surface area contributed by atoms with Crippen molar-refractivity contribution in [3.63, 3.8) is 0 Å². The minimum absolute atomic E-state index is 0.118. The molecule has 0 fully saturated rings. The van der Waals surface area contributed by atoms with Crippen LogP contribution in [0.15, 0.2) is 18.3 Å². The van der Waals surface area contributed by atoms with Crippen molar-refractivity contribution in [3.8, 4) is 5.75 Å². The molecule has 108 valence electrons. The minimum Gasteiger partial charge on any atom is -0.495 e. The number of aromatic nitrogens is 3. The number of rotatable bonds is 5. The Hall–Kier alpha value is -1.92. The first kappa shape index (κ1) is 14.5. The van der Waals surface area contributed by atoms with Gasteiger partial charge in [0.25, 0.3) is 0 Å². The highest BCUT2D eigenvalue weighted by molar-refractivity contribution is 5.33. The molecule has 0 radical (unpaired) electrons. The van der Waals surface area contributed by atoms with E-state index in [9.17, 15) is 0 Å². The van der Waals surface area contributed by atoms with Gasteiger partial charge in [0.2, 0.25) is 0 Å². The molecular formula is C14H21N5O. The molecule has 0 aliphatic rings. The van der Waals surface area contributed by atoms with Gasteiger partial charge in [0.05, 0.1) is 18.8 Å². The van der Waals surface area contributed by atoms with E-state index in [1.165, 1.54) is 5.56 Å². The second-order valence-corrected chi connectivity index (χ2v) is 4.79. The number of nitrogens with two attached hydrogens (primary N) is 1. The van der Waals surface area contributed by atoms with Crippen molar-refractivity contribution in [1.29, 1.82) is 0 Å². The van der Waals surface area contributed by atoms with E-state index < -0.39 is 0 Å². The number of methoxy groups -OCH3 is 1.